The molecule has 0 spiro atoms. The Hall–Kier alpha value is -1.06. The van der Waals surface area contributed by atoms with Crippen LogP contribution < -0.4 is 5.32 Å². The van der Waals surface area contributed by atoms with Crippen LogP contribution in [0.2, 0.25) is 0 Å². The van der Waals surface area contributed by atoms with E-state index < -0.39 is 0 Å². The van der Waals surface area contributed by atoms with E-state index in [0.29, 0.717) is 6.42 Å². The minimum Gasteiger partial charge on any atom is -0.359 e. The fourth-order valence-corrected chi connectivity index (χ4v) is 1.48. The number of hydrogen-bond donors (Lipinski definition) is 1. The van der Waals surface area contributed by atoms with Gasteiger partial charge in [-0.3, -0.25) is 9.59 Å². The molecule has 0 aromatic carbocycles. The maximum Gasteiger partial charge on any atom is 0.312 e. The smallest absolute Gasteiger partial charge is 0.312 e. The molecule has 1 heterocycles. The summed E-state index contributed by atoms with van der Waals surface area (Å²) in [7, 11) is 1.60. The van der Waals surface area contributed by atoms with Crippen molar-refractivity contribution < 1.29 is 9.59 Å². The van der Waals surface area contributed by atoms with Crippen molar-refractivity contribution in [3.63, 3.8) is 0 Å². The van der Waals surface area contributed by atoms with Gasteiger partial charge in [0.2, 0.25) is 5.91 Å². The zero-order valence-electron chi connectivity index (χ0n) is 7.17. The number of rotatable bonds is 3. The lowest BCUT2D eigenvalue weighted by atomic mass is 10.1. The van der Waals surface area contributed by atoms with Crippen LogP contribution in [-0.2, 0) is 9.59 Å². The Kier molecular flexibility index (Phi) is 3.08. The second-order valence-electron chi connectivity index (χ2n) is 2.96. The van der Waals surface area contributed by atoms with Crippen LogP contribution in [0.15, 0.2) is 0 Å². The fraction of sp³-hybridized carbons (Fsp3) is 0.750. The highest BCUT2D eigenvalue weighted by Crippen LogP contribution is 2.17. The number of likely N-dealkylation sites (tertiary alicyclic amines) is 1. The van der Waals surface area contributed by atoms with Crippen molar-refractivity contribution >= 4 is 12.3 Å². The Bertz CT molecular complexity index is 182. The second kappa shape index (κ2) is 4.09. The highest BCUT2D eigenvalue weighted by atomic mass is 16.2. The van der Waals surface area contributed by atoms with E-state index in [1.807, 2.05) is 6.41 Å². The average Bonchev–Trinajstić information content (AvgIpc) is 2.51. The molecule has 1 atom stereocenters. The molecule has 1 saturated heterocycles. The van der Waals surface area contributed by atoms with Crippen LogP contribution >= 0.6 is 0 Å². The van der Waals surface area contributed by atoms with Crippen LogP contribution in [-0.4, -0.2) is 36.9 Å². The summed E-state index contributed by atoms with van der Waals surface area (Å²) in [6, 6.07) is 0.0717. The van der Waals surface area contributed by atoms with E-state index in [9.17, 15) is 9.59 Å². The molecule has 0 aliphatic carbocycles. The largest absolute Gasteiger partial charge is 0.359 e. The molecule has 4 heteroatoms. The van der Waals surface area contributed by atoms with Gasteiger partial charge in [-0.15, -0.1) is 0 Å². The van der Waals surface area contributed by atoms with Gasteiger partial charge in [-0.05, 0) is 12.8 Å². The molecule has 1 radical (unpaired) electrons. The molecule has 12 heavy (non-hydrogen) atoms. The van der Waals surface area contributed by atoms with Crippen LogP contribution in [0.3, 0.4) is 0 Å². The van der Waals surface area contributed by atoms with Gasteiger partial charge in [-0.25, -0.2) is 0 Å². The van der Waals surface area contributed by atoms with Crippen molar-refractivity contribution in [3.8, 4) is 0 Å². The van der Waals surface area contributed by atoms with Gasteiger partial charge in [0.1, 0.15) is 0 Å². The van der Waals surface area contributed by atoms with E-state index in [1.54, 1.807) is 11.9 Å². The molecule has 1 unspecified atom stereocenters. The number of nitrogens with zero attached hydrogens (tertiary/aromatic N) is 1. The molecule has 1 N–H and O–H groups in total. The Morgan fingerprint density at radius 1 is 1.75 bits per heavy atom. The van der Waals surface area contributed by atoms with Gasteiger partial charge >= 0.3 is 6.41 Å². The summed E-state index contributed by atoms with van der Waals surface area (Å²) >= 11 is 0. The minimum absolute atomic E-state index is 0.0119. The van der Waals surface area contributed by atoms with Crippen molar-refractivity contribution in [1.82, 2.24) is 10.2 Å². The van der Waals surface area contributed by atoms with Crippen molar-refractivity contribution in [2.24, 2.45) is 0 Å². The van der Waals surface area contributed by atoms with E-state index in [2.05, 4.69) is 5.32 Å². The van der Waals surface area contributed by atoms with E-state index >= 15 is 0 Å². The molecular formula is C8H13N2O2. The first-order valence-corrected chi connectivity index (χ1v) is 4.13. The molecule has 1 aliphatic heterocycles. The summed E-state index contributed by atoms with van der Waals surface area (Å²) in [4.78, 5) is 22.9. The van der Waals surface area contributed by atoms with Crippen molar-refractivity contribution in [1.29, 1.82) is 0 Å². The molecule has 0 saturated carbocycles. The highest BCUT2D eigenvalue weighted by molar-refractivity contribution is 5.76. The zero-order valence-corrected chi connectivity index (χ0v) is 7.17. The van der Waals surface area contributed by atoms with Gasteiger partial charge in [0.15, 0.2) is 0 Å². The summed E-state index contributed by atoms with van der Waals surface area (Å²) in [5.41, 5.74) is 0. The molecule has 1 aliphatic rings. The SMILES string of the molecule is CNC(=O)CC1CCCN1[C]=O. The third kappa shape index (κ3) is 1.96. The summed E-state index contributed by atoms with van der Waals surface area (Å²) in [6.45, 7) is 0.741. The monoisotopic (exact) mass is 169 g/mol. The van der Waals surface area contributed by atoms with E-state index in [4.69, 9.17) is 0 Å². The van der Waals surface area contributed by atoms with E-state index in [1.165, 1.54) is 0 Å². The van der Waals surface area contributed by atoms with Gasteiger partial charge < -0.3 is 10.2 Å². The van der Waals surface area contributed by atoms with Crippen molar-refractivity contribution in [3.05, 3.63) is 0 Å². The average molecular weight is 169 g/mol. The molecule has 0 bridgehead atoms. The third-order valence-electron chi connectivity index (χ3n) is 2.19. The normalized spacial score (nSPS) is 22.4. The molecule has 2 amide bonds. The molecule has 1 rings (SSSR count). The quantitative estimate of drug-likeness (QED) is 0.628. The number of carbonyl (C=O) groups excluding carboxylic acids is 2. The predicted molar refractivity (Wildman–Crippen MR) is 44.1 cm³/mol. The van der Waals surface area contributed by atoms with E-state index in [-0.39, 0.29) is 11.9 Å². The second-order valence-corrected chi connectivity index (χ2v) is 2.96. The van der Waals surface area contributed by atoms with Gasteiger partial charge in [0.25, 0.3) is 0 Å². The first kappa shape index (κ1) is 9.03. The molecule has 67 valence electrons. The summed E-state index contributed by atoms with van der Waals surface area (Å²) in [5.74, 6) is -0.0119. The lowest BCUT2D eigenvalue weighted by Crippen LogP contribution is -2.33. The standard InChI is InChI=1S/C8H13N2O2/c1-9-8(12)5-7-3-2-4-10(7)6-11/h7H,2-5H2,1H3,(H,9,12). The predicted octanol–water partition coefficient (Wildman–Crippen LogP) is -0.346. The maximum absolute atomic E-state index is 11.0. The van der Waals surface area contributed by atoms with Crippen LogP contribution in [0, 0.1) is 0 Å². The Balaban J connectivity index is 2.40. The van der Waals surface area contributed by atoms with Crippen LogP contribution in [0.5, 0.6) is 0 Å². The Labute approximate surface area is 71.9 Å². The number of hydrogen-bond acceptors (Lipinski definition) is 2. The van der Waals surface area contributed by atoms with Crippen LogP contribution in [0.25, 0.3) is 0 Å². The number of amides is 2. The Morgan fingerprint density at radius 2 is 2.50 bits per heavy atom. The highest BCUT2D eigenvalue weighted by Gasteiger charge is 2.25. The number of carbonyl (C=O) groups is 1. The summed E-state index contributed by atoms with van der Waals surface area (Å²) in [6.07, 6.45) is 4.16. The van der Waals surface area contributed by atoms with Gasteiger partial charge in [-0.1, -0.05) is 0 Å². The number of nitrogens with one attached hydrogen (secondary N) is 1. The van der Waals surface area contributed by atoms with Gasteiger partial charge in [0.05, 0.1) is 0 Å². The topological polar surface area (TPSA) is 49.4 Å². The molecule has 1 fully saturated rings. The van der Waals surface area contributed by atoms with Gasteiger partial charge in [-0.2, -0.15) is 0 Å². The summed E-state index contributed by atoms with van der Waals surface area (Å²) < 4.78 is 0. The maximum atomic E-state index is 11.0. The van der Waals surface area contributed by atoms with Crippen molar-refractivity contribution in [2.75, 3.05) is 13.6 Å². The molecule has 4 nitrogen and oxygen atoms in total. The van der Waals surface area contributed by atoms with Crippen LogP contribution in [0.1, 0.15) is 19.3 Å². The molecular weight excluding hydrogens is 156 g/mol. The Morgan fingerprint density at radius 3 is 3.08 bits per heavy atom. The first-order chi connectivity index (χ1) is 5.77. The minimum atomic E-state index is -0.0119. The molecule has 0 aromatic heterocycles. The third-order valence-corrected chi connectivity index (χ3v) is 2.19. The summed E-state index contributed by atoms with van der Waals surface area (Å²) in [5, 5.41) is 2.54. The van der Waals surface area contributed by atoms with Crippen molar-refractivity contribution in [2.45, 2.75) is 25.3 Å². The lowest BCUT2D eigenvalue weighted by Gasteiger charge is -2.17. The van der Waals surface area contributed by atoms with Gasteiger partial charge in [0, 0.05) is 26.1 Å². The fourth-order valence-electron chi connectivity index (χ4n) is 1.48. The van der Waals surface area contributed by atoms with E-state index in [0.717, 1.165) is 19.4 Å². The first-order valence-electron chi connectivity index (χ1n) is 4.13. The zero-order chi connectivity index (χ0) is 8.97. The molecule has 0 aromatic rings. The van der Waals surface area contributed by atoms with Crippen LogP contribution in [0.4, 0.5) is 0 Å². The lowest BCUT2D eigenvalue weighted by molar-refractivity contribution is -0.121.